The van der Waals surface area contributed by atoms with Crippen LogP contribution in [0.2, 0.25) is 0 Å². The summed E-state index contributed by atoms with van der Waals surface area (Å²) >= 11 is 0. The zero-order chi connectivity index (χ0) is 28.3. The van der Waals surface area contributed by atoms with Gasteiger partial charge in [0.25, 0.3) is 0 Å². The van der Waals surface area contributed by atoms with Gasteiger partial charge in [0.05, 0.1) is 12.2 Å². The normalized spacial score (nSPS) is 11.5. The number of aromatic nitrogens is 1. The van der Waals surface area contributed by atoms with Gasteiger partial charge in [0.15, 0.2) is 0 Å². The molecule has 0 spiro atoms. The van der Waals surface area contributed by atoms with Crippen molar-refractivity contribution in [3.05, 3.63) is 83.0 Å². The predicted octanol–water partition coefficient (Wildman–Crippen LogP) is 6.05. The Hall–Kier alpha value is -3.45. The molecule has 0 fully saturated rings. The predicted molar refractivity (Wildman–Crippen MR) is 158 cm³/mol. The Labute approximate surface area is 248 Å². The van der Waals surface area contributed by atoms with E-state index in [2.05, 4.69) is 33.8 Å². The van der Waals surface area contributed by atoms with Gasteiger partial charge in [-0.1, -0.05) is 24.3 Å². The van der Waals surface area contributed by atoms with Crippen LogP contribution >= 0.6 is 0 Å². The first-order valence-corrected chi connectivity index (χ1v) is 13.0. The maximum absolute atomic E-state index is 11.3. The third kappa shape index (κ3) is 10.3. The van der Waals surface area contributed by atoms with Gasteiger partial charge in [-0.15, -0.1) is 17.8 Å². The van der Waals surface area contributed by atoms with Crippen LogP contribution in [0.15, 0.2) is 60.8 Å². The number of benzene rings is 2. The number of hydrogen-bond donors (Lipinski definition) is 2. The molecule has 40 heavy (non-hydrogen) atoms. The molecule has 0 unspecified atom stereocenters. The second kappa shape index (κ2) is 15.4. The van der Waals surface area contributed by atoms with Crippen molar-refractivity contribution in [2.75, 3.05) is 30.8 Å². The van der Waals surface area contributed by atoms with E-state index in [1.165, 1.54) is 0 Å². The fourth-order valence-electron chi connectivity index (χ4n) is 3.88. The number of carbonyl (C=O) groups excluding carboxylic acids is 2. The van der Waals surface area contributed by atoms with Crippen molar-refractivity contribution in [2.45, 2.75) is 51.7 Å². The number of rotatable bonds is 15. The van der Waals surface area contributed by atoms with Gasteiger partial charge in [-0.05, 0) is 76.0 Å². The molecule has 211 valence electrons. The molecule has 0 atom stereocenters. The van der Waals surface area contributed by atoms with E-state index in [1.807, 2.05) is 71.4 Å². The number of pyridine rings is 1. The van der Waals surface area contributed by atoms with E-state index in [0.29, 0.717) is 37.6 Å². The molecule has 0 saturated carbocycles. The first kappa shape index (κ1) is 32.8. The molecule has 3 rings (SSSR count). The third-order valence-electron chi connectivity index (χ3n) is 6.32. The van der Waals surface area contributed by atoms with Crippen LogP contribution in [0.1, 0.15) is 62.8 Å². The Morgan fingerprint density at radius 3 is 2.20 bits per heavy atom. The van der Waals surface area contributed by atoms with Crippen LogP contribution in [0.4, 0.5) is 11.4 Å². The van der Waals surface area contributed by atoms with Crippen LogP contribution in [0.5, 0.6) is 5.88 Å². The summed E-state index contributed by atoms with van der Waals surface area (Å²) in [6.07, 6.45) is 10.8. The Balaban J connectivity index is 0.00000560. The maximum Gasteiger partial charge on any atom is 2.00 e. The molecule has 1 radical (unpaired) electrons. The molecule has 0 bridgehead atoms. The van der Waals surface area contributed by atoms with E-state index < -0.39 is 11.2 Å². The monoisotopic (exact) mass is 582 g/mol. The Morgan fingerprint density at radius 1 is 0.875 bits per heavy atom. The van der Waals surface area contributed by atoms with Crippen LogP contribution in [0.3, 0.4) is 0 Å². The molecule has 3 aromatic rings. The summed E-state index contributed by atoms with van der Waals surface area (Å²) in [5.74, 6) is 0.566. The fourth-order valence-corrected chi connectivity index (χ4v) is 3.88. The van der Waals surface area contributed by atoms with Crippen LogP contribution in [-0.2, 0) is 31.4 Å². The van der Waals surface area contributed by atoms with Crippen LogP contribution in [0.25, 0.3) is 12.2 Å². The van der Waals surface area contributed by atoms with Crippen LogP contribution < -0.4 is 15.4 Å². The summed E-state index contributed by atoms with van der Waals surface area (Å²) in [7, 11) is 1.90. The quantitative estimate of drug-likeness (QED) is 0.167. The zero-order valence-corrected chi connectivity index (χ0v) is 24.9. The van der Waals surface area contributed by atoms with Gasteiger partial charge in [-0.25, -0.2) is 16.6 Å². The smallest absolute Gasteiger partial charge is 0.472 e. The van der Waals surface area contributed by atoms with Gasteiger partial charge in [-0.2, -0.15) is 0 Å². The standard InChI is InChI=1S/C32H37N3O4.Mn/c1-31(2,17-19-34-29-8-6-7-26(22-36)28(29)23-37)38-20-18-32(3,4)39-30-16-13-25(21-35-30)10-9-24-11-14-27(33-5)15-12-24;/h6-16,21,33-34H,17-20H2,1-5H3;/q-2;+2/b10-9+;. The van der Waals surface area contributed by atoms with Crippen LogP contribution in [0, 0.1) is 0 Å². The van der Waals surface area contributed by atoms with Gasteiger partial charge in [0, 0.05) is 38.0 Å². The minimum atomic E-state index is -0.464. The average molecular weight is 583 g/mol. The largest absolute Gasteiger partial charge is 2.00 e. The second-order valence-electron chi connectivity index (χ2n) is 10.5. The van der Waals surface area contributed by atoms with Gasteiger partial charge in [-0.3, -0.25) is 5.56 Å². The molecule has 7 nitrogen and oxygen atoms in total. The van der Waals surface area contributed by atoms with Gasteiger partial charge in [0.2, 0.25) is 5.88 Å². The maximum atomic E-state index is 11.3. The van der Waals surface area contributed by atoms with E-state index in [4.69, 9.17) is 9.47 Å². The van der Waals surface area contributed by atoms with Crippen molar-refractivity contribution in [1.29, 1.82) is 0 Å². The van der Waals surface area contributed by atoms with Crippen LogP contribution in [-0.4, -0.2) is 49.0 Å². The van der Waals surface area contributed by atoms with Gasteiger partial charge < -0.3 is 29.7 Å². The summed E-state index contributed by atoms with van der Waals surface area (Å²) in [6.45, 7) is 9.15. The minimum Gasteiger partial charge on any atom is -0.472 e. The summed E-state index contributed by atoms with van der Waals surface area (Å²) < 4.78 is 12.3. The molecule has 8 heteroatoms. The summed E-state index contributed by atoms with van der Waals surface area (Å²) in [4.78, 5) is 26.8. The molecular weight excluding hydrogens is 545 g/mol. The molecule has 2 aromatic carbocycles. The van der Waals surface area contributed by atoms with Gasteiger partial charge >= 0.3 is 17.1 Å². The molecule has 0 amide bonds. The van der Waals surface area contributed by atoms with E-state index in [-0.39, 0.29) is 28.2 Å². The number of hydrogen-bond acceptors (Lipinski definition) is 7. The molecule has 2 N–H and O–H groups in total. The Bertz CT molecular complexity index is 1260. The van der Waals surface area contributed by atoms with Crippen molar-refractivity contribution >= 4 is 36.1 Å². The molecule has 1 heterocycles. The van der Waals surface area contributed by atoms with Gasteiger partial charge in [0.1, 0.15) is 5.60 Å². The van der Waals surface area contributed by atoms with E-state index in [1.54, 1.807) is 30.7 Å². The van der Waals surface area contributed by atoms with Crippen molar-refractivity contribution in [1.82, 2.24) is 4.98 Å². The SMILES string of the molecule is CNc1ccc(/C=C/c2ccc(OC(C)(C)CCOC(C)(C)CCNc3cccc([C-]=O)c3[C-]=O)nc2)cc1.[Mn+2]. The van der Waals surface area contributed by atoms with E-state index in [9.17, 15) is 9.59 Å². The van der Waals surface area contributed by atoms with E-state index >= 15 is 0 Å². The average Bonchev–Trinajstić information content (AvgIpc) is 2.92. The van der Waals surface area contributed by atoms with Crippen molar-refractivity contribution in [3.63, 3.8) is 0 Å². The number of ether oxygens (including phenoxy) is 2. The second-order valence-corrected chi connectivity index (χ2v) is 10.5. The zero-order valence-electron chi connectivity index (χ0n) is 23.7. The summed E-state index contributed by atoms with van der Waals surface area (Å²) in [5, 5.41) is 6.31. The topological polar surface area (TPSA) is 89.5 Å². The molecule has 1 aromatic heterocycles. The molecular formula is C32H37MnN3O4. The Kier molecular flexibility index (Phi) is 12.6. The fraction of sp³-hybridized carbons (Fsp3) is 0.344. The summed E-state index contributed by atoms with van der Waals surface area (Å²) in [6, 6.07) is 17.1. The minimum absolute atomic E-state index is 0. The first-order chi connectivity index (χ1) is 18.6. The molecule has 0 aliphatic heterocycles. The number of nitrogens with one attached hydrogen (secondary N) is 2. The molecule has 0 aliphatic rings. The molecule has 0 saturated heterocycles. The molecule has 0 aliphatic carbocycles. The van der Waals surface area contributed by atoms with Crippen molar-refractivity contribution in [3.8, 4) is 5.88 Å². The number of anilines is 2. The van der Waals surface area contributed by atoms with E-state index in [0.717, 1.165) is 16.8 Å². The van der Waals surface area contributed by atoms with Crippen molar-refractivity contribution < 1.29 is 36.1 Å². The number of nitrogens with zero attached hydrogens (tertiary/aromatic N) is 1. The first-order valence-electron chi connectivity index (χ1n) is 13.0. The summed E-state index contributed by atoms with van der Waals surface area (Å²) in [5.41, 5.74) is 3.28. The van der Waals surface area contributed by atoms with Crippen molar-refractivity contribution in [2.24, 2.45) is 0 Å². The third-order valence-corrected chi connectivity index (χ3v) is 6.32. The Morgan fingerprint density at radius 2 is 1.57 bits per heavy atom.